The highest BCUT2D eigenvalue weighted by atomic mass is 32.2. The second-order valence-electron chi connectivity index (χ2n) is 7.10. The number of hydrogen-bond donors (Lipinski definition) is 0. The molecule has 6 nitrogen and oxygen atoms in total. The van der Waals surface area contributed by atoms with Crippen molar-refractivity contribution in [1.29, 1.82) is 0 Å². The number of carbonyl (C=O) groups excluding carboxylic acids is 1. The van der Waals surface area contributed by atoms with Crippen LogP contribution in [-0.2, 0) is 23.2 Å². The summed E-state index contributed by atoms with van der Waals surface area (Å²) in [5, 5.41) is 0. The van der Waals surface area contributed by atoms with Crippen molar-refractivity contribution in [3.8, 4) is 11.5 Å². The summed E-state index contributed by atoms with van der Waals surface area (Å²) in [5.41, 5.74) is 2.14. The molecule has 0 aliphatic carbocycles. The van der Waals surface area contributed by atoms with Crippen molar-refractivity contribution in [2.45, 2.75) is 25.0 Å². The van der Waals surface area contributed by atoms with Crippen molar-refractivity contribution in [2.75, 3.05) is 14.2 Å². The van der Waals surface area contributed by atoms with Gasteiger partial charge in [0.2, 0.25) is 10.0 Å². The van der Waals surface area contributed by atoms with Gasteiger partial charge in [-0.25, -0.2) is 8.42 Å². The Kier molecular flexibility index (Phi) is 7.09. The summed E-state index contributed by atoms with van der Waals surface area (Å²) < 4.78 is 38.4. The standard InChI is InChI=1S/C24H25NO5S/c1-18(26)21-10-7-11-22(15-21)31(27,28)25(2)16-20-12-13-23(24(14-20)29-3)30-17-19-8-5-4-6-9-19/h4-15H,16-17H2,1-3H3. The number of carbonyl (C=O) groups is 1. The van der Waals surface area contributed by atoms with Gasteiger partial charge in [-0.1, -0.05) is 48.5 Å². The van der Waals surface area contributed by atoms with E-state index in [2.05, 4.69) is 0 Å². The van der Waals surface area contributed by atoms with Gasteiger partial charge in [0.15, 0.2) is 17.3 Å². The first-order chi connectivity index (χ1) is 14.8. The summed E-state index contributed by atoms with van der Waals surface area (Å²) in [7, 11) is -0.714. The molecule has 0 bridgehead atoms. The number of rotatable bonds is 9. The van der Waals surface area contributed by atoms with Crippen molar-refractivity contribution < 1.29 is 22.7 Å². The molecule has 31 heavy (non-hydrogen) atoms. The largest absolute Gasteiger partial charge is 0.493 e. The van der Waals surface area contributed by atoms with Gasteiger partial charge >= 0.3 is 0 Å². The molecule has 0 aliphatic rings. The third-order valence-corrected chi connectivity index (χ3v) is 6.62. The minimum absolute atomic E-state index is 0.0810. The van der Waals surface area contributed by atoms with E-state index in [-0.39, 0.29) is 17.2 Å². The molecule has 0 amide bonds. The zero-order chi connectivity index (χ0) is 22.4. The lowest BCUT2D eigenvalue weighted by Crippen LogP contribution is -2.26. The van der Waals surface area contributed by atoms with Gasteiger partial charge in [-0.2, -0.15) is 4.31 Å². The second-order valence-corrected chi connectivity index (χ2v) is 9.15. The Labute approximate surface area is 183 Å². The fraction of sp³-hybridized carbons (Fsp3) is 0.208. The lowest BCUT2D eigenvalue weighted by atomic mass is 10.2. The van der Waals surface area contributed by atoms with Gasteiger partial charge in [-0.15, -0.1) is 0 Å². The van der Waals surface area contributed by atoms with Crippen LogP contribution < -0.4 is 9.47 Å². The molecule has 0 aromatic heterocycles. The number of benzene rings is 3. The third kappa shape index (κ3) is 5.51. The summed E-state index contributed by atoms with van der Waals surface area (Å²) >= 11 is 0. The van der Waals surface area contributed by atoms with Crippen LogP contribution >= 0.6 is 0 Å². The number of methoxy groups -OCH3 is 1. The van der Waals surface area contributed by atoms with Gasteiger partial charge in [0.1, 0.15) is 6.61 Å². The fourth-order valence-electron chi connectivity index (χ4n) is 3.06. The topological polar surface area (TPSA) is 72.9 Å². The third-order valence-electron chi connectivity index (χ3n) is 4.82. The predicted molar refractivity (Wildman–Crippen MR) is 119 cm³/mol. The van der Waals surface area contributed by atoms with E-state index in [0.717, 1.165) is 11.1 Å². The number of ether oxygens (including phenoxy) is 2. The van der Waals surface area contributed by atoms with Crippen LogP contribution in [0.1, 0.15) is 28.4 Å². The maximum Gasteiger partial charge on any atom is 0.243 e. The number of ketones is 1. The predicted octanol–water partition coefficient (Wildman–Crippen LogP) is 4.30. The van der Waals surface area contributed by atoms with E-state index in [1.54, 1.807) is 37.4 Å². The molecule has 0 saturated heterocycles. The summed E-state index contributed by atoms with van der Waals surface area (Å²) in [5.74, 6) is 0.920. The Hall–Kier alpha value is -3.16. The molecule has 0 fully saturated rings. The van der Waals surface area contributed by atoms with Crippen molar-refractivity contribution in [2.24, 2.45) is 0 Å². The second kappa shape index (κ2) is 9.76. The molecule has 0 radical (unpaired) electrons. The summed E-state index contributed by atoms with van der Waals surface area (Å²) in [6.45, 7) is 1.95. The maximum atomic E-state index is 13.0. The highest BCUT2D eigenvalue weighted by Crippen LogP contribution is 2.30. The first kappa shape index (κ1) is 22.5. The average Bonchev–Trinajstić information content (AvgIpc) is 2.78. The van der Waals surface area contributed by atoms with E-state index in [9.17, 15) is 13.2 Å². The number of Topliss-reactive ketones (excluding diaryl/α,β-unsaturated/α-hetero) is 1. The van der Waals surface area contributed by atoms with E-state index < -0.39 is 10.0 Å². The molecule has 7 heteroatoms. The molecule has 0 N–H and O–H groups in total. The zero-order valence-corrected chi connectivity index (χ0v) is 18.6. The Morgan fingerprint density at radius 3 is 2.32 bits per heavy atom. The molecular weight excluding hydrogens is 414 g/mol. The normalized spacial score (nSPS) is 11.4. The van der Waals surface area contributed by atoms with Crippen molar-refractivity contribution >= 4 is 15.8 Å². The van der Waals surface area contributed by atoms with Crippen molar-refractivity contribution in [3.05, 3.63) is 89.5 Å². The van der Waals surface area contributed by atoms with Crippen LogP contribution in [0.15, 0.2) is 77.7 Å². The smallest absolute Gasteiger partial charge is 0.243 e. The molecule has 0 spiro atoms. The Morgan fingerprint density at radius 2 is 1.65 bits per heavy atom. The molecule has 0 atom stereocenters. The zero-order valence-electron chi connectivity index (χ0n) is 17.7. The van der Waals surface area contributed by atoms with E-state index in [1.807, 2.05) is 30.3 Å². The molecule has 0 aliphatic heterocycles. The Balaban J connectivity index is 1.75. The van der Waals surface area contributed by atoms with Crippen LogP contribution in [0, 0.1) is 0 Å². The van der Waals surface area contributed by atoms with Crippen molar-refractivity contribution in [3.63, 3.8) is 0 Å². The molecule has 0 saturated carbocycles. The lowest BCUT2D eigenvalue weighted by Gasteiger charge is -2.19. The van der Waals surface area contributed by atoms with Crippen molar-refractivity contribution in [1.82, 2.24) is 4.31 Å². The fourth-order valence-corrected chi connectivity index (χ4v) is 4.27. The minimum atomic E-state index is -3.76. The van der Waals surface area contributed by atoms with Crippen LogP contribution in [0.5, 0.6) is 11.5 Å². The summed E-state index contributed by atoms with van der Waals surface area (Å²) in [6, 6.07) is 21.2. The minimum Gasteiger partial charge on any atom is -0.493 e. The number of sulfonamides is 1. The van der Waals surface area contributed by atoms with Crippen LogP contribution in [0.2, 0.25) is 0 Å². The summed E-state index contributed by atoms with van der Waals surface area (Å²) in [6.07, 6.45) is 0. The molecule has 162 valence electrons. The molecular formula is C24H25NO5S. The average molecular weight is 440 g/mol. The monoisotopic (exact) mass is 439 g/mol. The van der Waals surface area contributed by atoms with Gasteiger partial charge in [-0.05, 0) is 42.3 Å². The van der Waals surface area contributed by atoms with Gasteiger partial charge in [-0.3, -0.25) is 4.79 Å². The van der Waals surface area contributed by atoms with Gasteiger partial charge < -0.3 is 9.47 Å². The molecule has 0 unspecified atom stereocenters. The Bertz CT molecular complexity index is 1160. The highest BCUT2D eigenvalue weighted by Gasteiger charge is 2.22. The molecule has 3 aromatic carbocycles. The number of nitrogens with zero attached hydrogens (tertiary/aromatic N) is 1. The molecule has 0 heterocycles. The highest BCUT2D eigenvalue weighted by molar-refractivity contribution is 7.89. The van der Waals surface area contributed by atoms with Crippen LogP contribution in [-0.4, -0.2) is 32.7 Å². The van der Waals surface area contributed by atoms with Gasteiger partial charge in [0, 0.05) is 19.2 Å². The first-order valence-corrected chi connectivity index (χ1v) is 11.2. The SMILES string of the molecule is COc1cc(CN(C)S(=O)(=O)c2cccc(C(C)=O)c2)ccc1OCc1ccccc1. The van der Waals surface area contributed by atoms with Crippen LogP contribution in [0.4, 0.5) is 0 Å². The first-order valence-electron chi connectivity index (χ1n) is 9.72. The Morgan fingerprint density at radius 1 is 0.903 bits per heavy atom. The van der Waals surface area contributed by atoms with E-state index in [1.165, 1.54) is 30.4 Å². The molecule has 3 aromatic rings. The number of hydrogen-bond acceptors (Lipinski definition) is 5. The van der Waals surface area contributed by atoms with E-state index in [0.29, 0.717) is 23.7 Å². The maximum absolute atomic E-state index is 13.0. The van der Waals surface area contributed by atoms with E-state index >= 15 is 0 Å². The van der Waals surface area contributed by atoms with Gasteiger partial charge in [0.25, 0.3) is 0 Å². The van der Waals surface area contributed by atoms with Gasteiger partial charge in [0.05, 0.1) is 12.0 Å². The summed E-state index contributed by atoms with van der Waals surface area (Å²) in [4.78, 5) is 11.7. The van der Waals surface area contributed by atoms with E-state index in [4.69, 9.17) is 9.47 Å². The van der Waals surface area contributed by atoms with Crippen LogP contribution in [0.25, 0.3) is 0 Å². The lowest BCUT2D eigenvalue weighted by molar-refractivity contribution is 0.101. The quantitative estimate of drug-likeness (QED) is 0.465. The van der Waals surface area contributed by atoms with Crippen LogP contribution in [0.3, 0.4) is 0 Å². The molecule has 3 rings (SSSR count).